The third-order valence-corrected chi connectivity index (χ3v) is 5.85. The van der Waals surface area contributed by atoms with Crippen molar-refractivity contribution in [3.05, 3.63) is 53.4 Å². The summed E-state index contributed by atoms with van der Waals surface area (Å²) in [6.45, 7) is 6.36. The molecule has 3 rings (SSSR count). The highest BCUT2D eigenvalue weighted by Crippen LogP contribution is 2.24. The molecule has 0 aliphatic carbocycles. The van der Waals surface area contributed by atoms with Crippen LogP contribution in [0, 0.1) is 0 Å². The van der Waals surface area contributed by atoms with Crippen molar-refractivity contribution < 1.29 is 4.79 Å². The molecule has 1 saturated heterocycles. The quantitative estimate of drug-likeness (QED) is 0.206. The minimum absolute atomic E-state index is 0. The Hall–Kier alpha value is -1.81. The largest absolute Gasteiger partial charge is 0.363 e. The number of halogens is 1. The zero-order valence-electron chi connectivity index (χ0n) is 17.5. The fraction of sp³-hybridized carbons (Fsp3) is 0.455. The maximum atomic E-state index is 12.0. The molecule has 30 heavy (non-hydrogen) atoms. The number of rotatable bonds is 8. The number of amides is 1. The predicted octanol–water partition coefficient (Wildman–Crippen LogP) is 3.71. The Bertz CT molecular complexity index is 761. The molecule has 0 unspecified atom stereocenters. The van der Waals surface area contributed by atoms with Crippen molar-refractivity contribution in [2.75, 3.05) is 37.6 Å². The molecule has 0 bridgehead atoms. The maximum absolute atomic E-state index is 12.0. The number of hydrogen-bond acceptors (Lipinski definition) is 4. The molecular formula is C22H32IN5OS. The highest BCUT2D eigenvalue weighted by molar-refractivity contribution is 14.0. The monoisotopic (exact) mass is 541 g/mol. The number of aliphatic imine (C=N–C) groups is 1. The number of thiophene rings is 1. The van der Waals surface area contributed by atoms with Gasteiger partial charge in [-0.2, -0.15) is 0 Å². The lowest BCUT2D eigenvalue weighted by molar-refractivity contribution is 0.0953. The van der Waals surface area contributed by atoms with Crippen LogP contribution in [-0.4, -0.2) is 50.6 Å². The number of nitrogens with one attached hydrogen (secondary N) is 3. The van der Waals surface area contributed by atoms with Crippen molar-refractivity contribution in [3.8, 4) is 0 Å². The summed E-state index contributed by atoms with van der Waals surface area (Å²) in [6.07, 6.45) is 3.02. The molecule has 0 radical (unpaired) electrons. The van der Waals surface area contributed by atoms with Gasteiger partial charge >= 0.3 is 0 Å². The summed E-state index contributed by atoms with van der Waals surface area (Å²) < 4.78 is 0. The Kier molecular flexibility index (Phi) is 11.0. The average Bonchev–Trinajstić information content (AvgIpc) is 3.29. The van der Waals surface area contributed by atoms with Gasteiger partial charge in [-0.25, -0.2) is 0 Å². The lowest BCUT2D eigenvalue weighted by Crippen LogP contribution is -2.48. The minimum Gasteiger partial charge on any atom is -0.363 e. The van der Waals surface area contributed by atoms with E-state index in [0.29, 0.717) is 24.7 Å². The summed E-state index contributed by atoms with van der Waals surface area (Å²) >= 11 is 1.81. The lowest BCUT2D eigenvalue weighted by atomic mass is 10.1. The molecule has 3 N–H and O–H groups in total. The summed E-state index contributed by atoms with van der Waals surface area (Å²) in [6, 6.07) is 14.1. The Balaban J connectivity index is 0.00000320. The van der Waals surface area contributed by atoms with E-state index >= 15 is 0 Å². The van der Waals surface area contributed by atoms with Crippen LogP contribution in [0.4, 0.5) is 5.00 Å². The third kappa shape index (κ3) is 7.79. The minimum atomic E-state index is -0.0305. The summed E-state index contributed by atoms with van der Waals surface area (Å²) in [5, 5.41) is 13.4. The Morgan fingerprint density at radius 3 is 2.57 bits per heavy atom. The smallest absolute Gasteiger partial charge is 0.251 e. The molecule has 164 valence electrons. The fourth-order valence-corrected chi connectivity index (χ4v) is 4.16. The van der Waals surface area contributed by atoms with Gasteiger partial charge in [0.15, 0.2) is 5.96 Å². The molecule has 6 nitrogen and oxygen atoms in total. The summed E-state index contributed by atoms with van der Waals surface area (Å²) in [7, 11) is 0. The first kappa shape index (κ1) is 24.5. The molecular weight excluding hydrogens is 509 g/mol. The molecule has 1 aliphatic rings. The highest BCUT2D eigenvalue weighted by Gasteiger charge is 2.20. The SMILES string of the molecule is CCNC(=NCCCNC(=O)c1ccccc1)NC1CCN(c2cccs2)CC1.I. The lowest BCUT2D eigenvalue weighted by Gasteiger charge is -2.33. The van der Waals surface area contributed by atoms with Crippen LogP contribution in [-0.2, 0) is 0 Å². The average molecular weight is 542 g/mol. The second kappa shape index (κ2) is 13.5. The Morgan fingerprint density at radius 1 is 1.13 bits per heavy atom. The van der Waals surface area contributed by atoms with Gasteiger partial charge in [0, 0.05) is 44.3 Å². The van der Waals surface area contributed by atoms with Crippen molar-refractivity contribution >= 4 is 52.2 Å². The fourth-order valence-electron chi connectivity index (χ4n) is 3.37. The first-order chi connectivity index (χ1) is 14.3. The predicted molar refractivity (Wildman–Crippen MR) is 137 cm³/mol. The number of nitrogens with zero attached hydrogens (tertiary/aromatic N) is 2. The molecule has 2 heterocycles. The van der Waals surface area contributed by atoms with Crippen LogP contribution in [0.5, 0.6) is 0 Å². The first-order valence-electron chi connectivity index (χ1n) is 10.4. The number of guanidine groups is 1. The number of piperidine rings is 1. The van der Waals surface area contributed by atoms with Crippen LogP contribution in [0.2, 0.25) is 0 Å². The summed E-state index contributed by atoms with van der Waals surface area (Å²) in [5.41, 5.74) is 0.694. The van der Waals surface area contributed by atoms with Crippen molar-refractivity contribution in [2.24, 2.45) is 4.99 Å². The van der Waals surface area contributed by atoms with Crippen molar-refractivity contribution in [1.82, 2.24) is 16.0 Å². The second-order valence-corrected chi connectivity index (χ2v) is 8.02. The van der Waals surface area contributed by atoms with Gasteiger partial charge in [0.1, 0.15) is 0 Å². The van der Waals surface area contributed by atoms with E-state index in [1.807, 2.05) is 41.7 Å². The van der Waals surface area contributed by atoms with E-state index in [2.05, 4.69) is 50.3 Å². The van der Waals surface area contributed by atoms with E-state index in [0.717, 1.165) is 44.9 Å². The van der Waals surface area contributed by atoms with Gasteiger partial charge in [-0.1, -0.05) is 18.2 Å². The molecule has 8 heteroatoms. The molecule has 1 aliphatic heterocycles. The number of anilines is 1. The van der Waals surface area contributed by atoms with E-state index < -0.39 is 0 Å². The highest BCUT2D eigenvalue weighted by atomic mass is 127. The zero-order valence-corrected chi connectivity index (χ0v) is 20.6. The van der Waals surface area contributed by atoms with Gasteiger partial charge in [-0.3, -0.25) is 9.79 Å². The van der Waals surface area contributed by atoms with Crippen LogP contribution in [0.25, 0.3) is 0 Å². The standard InChI is InChI=1S/C22H31N5OS.HI/c1-2-23-22(25-14-7-13-24-21(28)18-8-4-3-5-9-18)26-19-11-15-27(16-12-19)20-10-6-17-29-20;/h3-6,8-10,17,19H,2,7,11-16H2,1H3,(H,24,28)(H2,23,25,26);1H. The maximum Gasteiger partial charge on any atom is 0.251 e. The van der Waals surface area contributed by atoms with Gasteiger partial charge in [0.2, 0.25) is 0 Å². The van der Waals surface area contributed by atoms with Crippen LogP contribution in [0.3, 0.4) is 0 Å². The molecule has 1 aromatic carbocycles. The second-order valence-electron chi connectivity index (χ2n) is 7.09. The van der Waals surface area contributed by atoms with E-state index in [9.17, 15) is 4.79 Å². The van der Waals surface area contributed by atoms with Crippen molar-refractivity contribution in [1.29, 1.82) is 0 Å². The van der Waals surface area contributed by atoms with Crippen LogP contribution in [0.1, 0.15) is 36.5 Å². The van der Waals surface area contributed by atoms with E-state index in [1.54, 1.807) is 0 Å². The molecule has 0 atom stereocenters. The first-order valence-corrected chi connectivity index (χ1v) is 11.3. The Labute approximate surface area is 200 Å². The summed E-state index contributed by atoms with van der Waals surface area (Å²) in [5.74, 6) is 0.841. The number of carbonyl (C=O) groups excluding carboxylic acids is 1. The number of benzene rings is 1. The Morgan fingerprint density at radius 2 is 1.90 bits per heavy atom. The van der Waals surface area contributed by atoms with Gasteiger partial charge in [-0.05, 0) is 55.8 Å². The normalized spacial score (nSPS) is 14.7. The van der Waals surface area contributed by atoms with Crippen molar-refractivity contribution in [3.63, 3.8) is 0 Å². The van der Waals surface area contributed by atoms with Crippen LogP contribution < -0.4 is 20.9 Å². The molecule has 0 spiro atoms. The topological polar surface area (TPSA) is 68.8 Å². The van der Waals surface area contributed by atoms with Gasteiger partial charge in [0.25, 0.3) is 5.91 Å². The van der Waals surface area contributed by atoms with Gasteiger partial charge < -0.3 is 20.9 Å². The van der Waals surface area contributed by atoms with Gasteiger partial charge in [-0.15, -0.1) is 35.3 Å². The molecule has 0 saturated carbocycles. The summed E-state index contributed by atoms with van der Waals surface area (Å²) in [4.78, 5) is 19.2. The van der Waals surface area contributed by atoms with E-state index in [1.165, 1.54) is 5.00 Å². The molecule has 1 fully saturated rings. The van der Waals surface area contributed by atoms with E-state index in [-0.39, 0.29) is 29.9 Å². The zero-order chi connectivity index (χ0) is 20.3. The molecule has 2 aromatic rings. The van der Waals surface area contributed by atoms with E-state index in [4.69, 9.17) is 0 Å². The van der Waals surface area contributed by atoms with Crippen LogP contribution >= 0.6 is 35.3 Å². The van der Waals surface area contributed by atoms with Crippen LogP contribution in [0.15, 0.2) is 52.8 Å². The number of carbonyl (C=O) groups is 1. The number of hydrogen-bond donors (Lipinski definition) is 3. The molecule has 1 amide bonds. The third-order valence-electron chi connectivity index (χ3n) is 4.92. The molecule has 1 aromatic heterocycles. The van der Waals surface area contributed by atoms with Gasteiger partial charge in [0.05, 0.1) is 5.00 Å². The van der Waals surface area contributed by atoms with Crippen molar-refractivity contribution in [2.45, 2.75) is 32.2 Å².